The van der Waals surface area contributed by atoms with E-state index in [0.29, 0.717) is 0 Å². The monoisotopic (exact) mass is 217 g/mol. The Hall–Kier alpha value is -1.74. The average molecular weight is 217 g/mol. The Labute approximate surface area is 83.3 Å². The van der Waals surface area contributed by atoms with E-state index in [9.17, 15) is 13.2 Å². The number of nitrogens with zero attached hydrogens (tertiary/aromatic N) is 1. The molecule has 0 aliphatic rings. The highest BCUT2D eigenvalue weighted by Crippen LogP contribution is 2.24. The van der Waals surface area contributed by atoms with E-state index in [1.165, 1.54) is 6.07 Å². The van der Waals surface area contributed by atoms with Crippen molar-refractivity contribution < 1.29 is 23.0 Å². The third-order valence-corrected chi connectivity index (χ3v) is 1.51. The molecular formula is C9H6F3NO2. The third kappa shape index (κ3) is 3.48. The molecule has 1 rings (SSSR count). The van der Waals surface area contributed by atoms with Crippen LogP contribution in [-0.2, 0) is 6.61 Å². The number of alkyl halides is 3. The highest BCUT2D eigenvalue weighted by atomic mass is 19.4. The lowest BCUT2D eigenvalue weighted by Crippen LogP contribution is -2.17. The molecule has 0 amide bonds. The number of ether oxygens (including phenoxy) is 1. The number of nitriles is 1. The van der Waals surface area contributed by atoms with Gasteiger partial charge in [0.1, 0.15) is 5.75 Å². The second-order valence-corrected chi connectivity index (χ2v) is 2.68. The first kappa shape index (κ1) is 11.3. The number of halogens is 3. The van der Waals surface area contributed by atoms with Gasteiger partial charge < -0.3 is 9.84 Å². The molecule has 0 saturated carbocycles. The lowest BCUT2D eigenvalue weighted by atomic mass is 10.1. The predicted octanol–water partition coefficient (Wildman–Crippen LogP) is 1.95. The fraction of sp³-hybridized carbons (Fsp3) is 0.222. The Balaban J connectivity index is 3.03. The average Bonchev–Trinajstić information content (AvgIpc) is 2.14. The summed E-state index contributed by atoms with van der Waals surface area (Å²) in [6.45, 7) is -0.455. The van der Waals surface area contributed by atoms with Crippen LogP contribution in [0.5, 0.6) is 5.75 Å². The molecule has 15 heavy (non-hydrogen) atoms. The van der Waals surface area contributed by atoms with Crippen LogP contribution in [0, 0.1) is 11.3 Å². The summed E-state index contributed by atoms with van der Waals surface area (Å²) in [7, 11) is 0. The highest BCUT2D eigenvalue weighted by Gasteiger charge is 2.31. The van der Waals surface area contributed by atoms with Crippen LogP contribution in [0.2, 0.25) is 0 Å². The number of hydrogen-bond donors (Lipinski definition) is 1. The van der Waals surface area contributed by atoms with E-state index >= 15 is 0 Å². The van der Waals surface area contributed by atoms with Gasteiger partial charge >= 0.3 is 6.36 Å². The topological polar surface area (TPSA) is 53.2 Å². The van der Waals surface area contributed by atoms with E-state index < -0.39 is 18.7 Å². The molecule has 0 unspecified atom stereocenters. The molecular weight excluding hydrogens is 211 g/mol. The van der Waals surface area contributed by atoms with E-state index in [1.807, 2.05) is 0 Å². The Morgan fingerprint density at radius 1 is 1.33 bits per heavy atom. The van der Waals surface area contributed by atoms with E-state index in [1.54, 1.807) is 6.07 Å². The maximum Gasteiger partial charge on any atom is 0.573 e. The lowest BCUT2D eigenvalue weighted by molar-refractivity contribution is -0.274. The molecule has 3 nitrogen and oxygen atoms in total. The van der Waals surface area contributed by atoms with Crippen molar-refractivity contribution in [2.24, 2.45) is 0 Å². The van der Waals surface area contributed by atoms with Crippen LogP contribution in [0.4, 0.5) is 13.2 Å². The molecule has 0 bridgehead atoms. The Morgan fingerprint density at radius 2 is 2.00 bits per heavy atom. The smallest absolute Gasteiger partial charge is 0.406 e. The molecule has 0 aliphatic heterocycles. The fourth-order valence-electron chi connectivity index (χ4n) is 1.01. The van der Waals surface area contributed by atoms with Crippen molar-refractivity contribution in [3.63, 3.8) is 0 Å². The van der Waals surface area contributed by atoms with E-state index in [0.717, 1.165) is 12.1 Å². The Bertz CT molecular complexity index is 395. The van der Waals surface area contributed by atoms with Gasteiger partial charge in [-0.1, -0.05) is 0 Å². The summed E-state index contributed by atoms with van der Waals surface area (Å²) in [5.74, 6) is -0.509. The zero-order chi connectivity index (χ0) is 11.5. The predicted molar refractivity (Wildman–Crippen MR) is 43.8 cm³/mol. The standard InChI is InChI=1S/C9H6F3NO2/c10-9(11,12)15-8-2-6(4-13)1-7(3-8)5-14/h1-3,14H,5H2. The zero-order valence-electron chi connectivity index (χ0n) is 7.38. The van der Waals surface area contributed by atoms with Gasteiger partial charge in [-0.3, -0.25) is 0 Å². The second kappa shape index (κ2) is 4.19. The summed E-state index contributed by atoms with van der Waals surface area (Å²) < 4.78 is 39.2. The van der Waals surface area contributed by atoms with Crippen molar-refractivity contribution in [3.8, 4) is 11.8 Å². The molecule has 0 radical (unpaired) electrons. The van der Waals surface area contributed by atoms with Crippen LogP contribution in [0.25, 0.3) is 0 Å². The quantitative estimate of drug-likeness (QED) is 0.823. The van der Waals surface area contributed by atoms with Crippen molar-refractivity contribution in [3.05, 3.63) is 29.3 Å². The van der Waals surface area contributed by atoms with Crippen molar-refractivity contribution in [2.75, 3.05) is 0 Å². The van der Waals surface area contributed by atoms with Crippen molar-refractivity contribution in [1.29, 1.82) is 5.26 Å². The zero-order valence-corrected chi connectivity index (χ0v) is 7.38. The van der Waals surface area contributed by atoms with E-state index in [-0.39, 0.29) is 11.1 Å². The van der Waals surface area contributed by atoms with Gasteiger partial charge in [-0.05, 0) is 23.8 Å². The summed E-state index contributed by atoms with van der Waals surface area (Å²) in [6.07, 6.45) is -4.80. The van der Waals surface area contributed by atoms with Crippen LogP contribution in [0.1, 0.15) is 11.1 Å². The molecule has 1 aromatic carbocycles. The fourth-order valence-corrected chi connectivity index (χ4v) is 1.01. The normalized spacial score (nSPS) is 10.9. The molecule has 0 atom stereocenters. The largest absolute Gasteiger partial charge is 0.573 e. The number of benzene rings is 1. The molecule has 0 heterocycles. The molecule has 0 saturated heterocycles. The SMILES string of the molecule is N#Cc1cc(CO)cc(OC(F)(F)F)c1. The molecule has 1 aromatic rings. The van der Waals surface area contributed by atoms with Gasteiger partial charge in [0.05, 0.1) is 18.2 Å². The van der Waals surface area contributed by atoms with Crippen molar-refractivity contribution in [1.82, 2.24) is 0 Å². The van der Waals surface area contributed by atoms with Crippen LogP contribution < -0.4 is 4.74 Å². The molecule has 1 N–H and O–H groups in total. The van der Waals surface area contributed by atoms with Gasteiger partial charge in [0.2, 0.25) is 0 Å². The summed E-state index contributed by atoms with van der Waals surface area (Å²) in [4.78, 5) is 0. The van der Waals surface area contributed by atoms with Crippen LogP contribution in [0.15, 0.2) is 18.2 Å². The number of hydrogen-bond acceptors (Lipinski definition) is 3. The summed E-state index contributed by atoms with van der Waals surface area (Å²) in [6, 6.07) is 4.92. The van der Waals surface area contributed by atoms with Gasteiger partial charge in [-0.15, -0.1) is 13.2 Å². The maximum atomic E-state index is 11.8. The minimum absolute atomic E-state index is 0.000741. The van der Waals surface area contributed by atoms with Gasteiger partial charge in [0.15, 0.2) is 0 Å². The second-order valence-electron chi connectivity index (χ2n) is 2.68. The molecule has 0 spiro atoms. The molecule has 0 aliphatic carbocycles. The Morgan fingerprint density at radius 3 is 2.47 bits per heavy atom. The van der Waals surface area contributed by atoms with E-state index in [2.05, 4.69) is 4.74 Å². The van der Waals surface area contributed by atoms with Crippen LogP contribution in [-0.4, -0.2) is 11.5 Å². The number of aliphatic hydroxyl groups excluding tert-OH is 1. The van der Waals surface area contributed by atoms with Gasteiger partial charge in [0.25, 0.3) is 0 Å². The van der Waals surface area contributed by atoms with Gasteiger partial charge in [0, 0.05) is 0 Å². The molecule has 0 fully saturated rings. The minimum atomic E-state index is -4.80. The van der Waals surface area contributed by atoms with Gasteiger partial charge in [-0.2, -0.15) is 5.26 Å². The third-order valence-electron chi connectivity index (χ3n) is 1.51. The number of aliphatic hydroxyl groups is 1. The number of rotatable bonds is 2. The summed E-state index contributed by atoms with van der Waals surface area (Å²) in [5.41, 5.74) is 0.189. The summed E-state index contributed by atoms with van der Waals surface area (Å²) >= 11 is 0. The summed E-state index contributed by atoms with van der Waals surface area (Å²) in [5, 5.41) is 17.2. The van der Waals surface area contributed by atoms with Gasteiger partial charge in [-0.25, -0.2) is 0 Å². The van der Waals surface area contributed by atoms with Crippen molar-refractivity contribution in [2.45, 2.75) is 13.0 Å². The Kier molecular flexibility index (Phi) is 3.17. The first-order valence-corrected chi connectivity index (χ1v) is 3.85. The van der Waals surface area contributed by atoms with Crippen LogP contribution in [0.3, 0.4) is 0 Å². The maximum absolute atomic E-state index is 11.8. The molecule has 0 aromatic heterocycles. The lowest BCUT2D eigenvalue weighted by Gasteiger charge is -2.09. The molecule has 80 valence electrons. The highest BCUT2D eigenvalue weighted by molar-refractivity contribution is 5.40. The minimum Gasteiger partial charge on any atom is -0.406 e. The van der Waals surface area contributed by atoms with Crippen molar-refractivity contribution >= 4 is 0 Å². The molecule has 6 heteroatoms. The van der Waals surface area contributed by atoms with E-state index in [4.69, 9.17) is 10.4 Å². The van der Waals surface area contributed by atoms with Crippen LogP contribution >= 0.6 is 0 Å². The first-order chi connectivity index (χ1) is 6.94. The first-order valence-electron chi connectivity index (χ1n) is 3.85.